The van der Waals surface area contributed by atoms with Gasteiger partial charge in [-0.1, -0.05) is 69.2 Å². The summed E-state index contributed by atoms with van der Waals surface area (Å²) in [5.74, 6) is -6.24. The molecule has 0 aliphatic heterocycles. The van der Waals surface area contributed by atoms with Gasteiger partial charge < -0.3 is 65.9 Å². The molecule has 0 radical (unpaired) electrons. The van der Waals surface area contributed by atoms with Crippen molar-refractivity contribution in [3.8, 4) is 0 Å². The highest BCUT2D eigenvalue weighted by Crippen LogP contribution is 2.21. The fourth-order valence-corrected chi connectivity index (χ4v) is 10.7. The van der Waals surface area contributed by atoms with Gasteiger partial charge in [0.15, 0.2) is 0 Å². The number of nitrogens with zero attached hydrogens (tertiary/aromatic N) is 2. The average Bonchev–Trinajstić information content (AvgIpc) is 3.59. The summed E-state index contributed by atoms with van der Waals surface area (Å²) in [6.45, 7) is 18.3. The lowest BCUT2D eigenvalue weighted by Crippen LogP contribution is -2.60. The Hall–Kier alpha value is -5.87. The molecule has 8 amide bonds. The van der Waals surface area contributed by atoms with Crippen LogP contribution in [-0.4, -0.2) is 146 Å². The number of non-ortho nitro benzene ring substituents is 1. The number of carbonyl (C=O) groups is 8. The van der Waals surface area contributed by atoms with E-state index in [1.54, 1.807) is 0 Å². The van der Waals surface area contributed by atoms with Crippen LogP contribution in [0.2, 0.25) is 0 Å². The Balaban J connectivity index is 3.60. The highest BCUT2D eigenvalue weighted by atomic mass is 32.2. The normalized spacial score (nSPS) is 14.7. The first-order chi connectivity index (χ1) is 38.9. The van der Waals surface area contributed by atoms with Crippen LogP contribution in [0.3, 0.4) is 0 Å². The zero-order valence-electron chi connectivity index (χ0n) is 50.8. The molecule has 1 aromatic rings. The maximum absolute atomic E-state index is 14.4. The van der Waals surface area contributed by atoms with Crippen molar-refractivity contribution >= 4 is 63.0 Å². The maximum Gasteiger partial charge on any atom is 0.269 e. The van der Waals surface area contributed by atoms with Crippen molar-refractivity contribution in [3.05, 3.63) is 34.4 Å². The number of nitro benzene ring substituents is 1. The Labute approximate surface area is 492 Å². The van der Waals surface area contributed by atoms with Crippen LogP contribution in [0.5, 0.6) is 0 Å². The molecule has 0 saturated heterocycles. The number of hydrogen-bond acceptors (Lipinski definition) is 16. The number of sulfonamides is 1. The molecule has 0 aliphatic carbocycles. The van der Waals surface area contributed by atoms with E-state index in [1.807, 2.05) is 69.2 Å². The molecule has 17 N–H and O–H groups in total. The van der Waals surface area contributed by atoms with Gasteiger partial charge in [-0.3, -0.25) is 48.5 Å². The number of primary amides is 1. The first-order valence-electron chi connectivity index (χ1n) is 29.4. The number of nitrogens with one attached hydrogen (secondary N) is 7. The molecule has 1 rings (SSSR count). The average molecular weight is 1200 g/mol. The van der Waals surface area contributed by atoms with Crippen LogP contribution in [0.15, 0.2) is 29.2 Å². The van der Waals surface area contributed by atoms with Crippen molar-refractivity contribution < 1.29 is 51.7 Å². The molecule has 0 heterocycles. The first kappa shape index (κ1) is 75.1. The quantitative estimate of drug-likeness (QED) is 0.0250. The van der Waals surface area contributed by atoms with Gasteiger partial charge in [-0.2, -0.15) is 4.31 Å². The number of nitro groups is 1. The molecule has 0 fully saturated rings. The molecule has 1 aromatic carbocycles. The Morgan fingerprint density at radius 3 is 1.10 bits per heavy atom. The zero-order chi connectivity index (χ0) is 63.1. The minimum Gasteiger partial charge on any atom is -0.368 e. The smallest absolute Gasteiger partial charge is 0.269 e. The van der Waals surface area contributed by atoms with Crippen LogP contribution in [0.25, 0.3) is 0 Å². The van der Waals surface area contributed by atoms with Gasteiger partial charge in [-0.05, 0) is 151 Å². The Morgan fingerprint density at radius 2 is 0.783 bits per heavy atom. The van der Waals surface area contributed by atoms with Crippen LogP contribution in [0.1, 0.15) is 159 Å². The summed E-state index contributed by atoms with van der Waals surface area (Å²) in [6.07, 6.45) is 3.88. The van der Waals surface area contributed by atoms with E-state index in [9.17, 15) is 56.9 Å². The Morgan fingerprint density at radius 1 is 0.482 bits per heavy atom. The molecule has 474 valence electrons. The molecule has 26 nitrogen and oxygen atoms in total. The molecule has 8 atom stereocenters. The number of amides is 8. The van der Waals surface area contributed by atoms with Gasteiger partial charge in [0.05, 0.1) is 16.4 Å². The maximum atomic E-state index is 14.4. The van der Waals surface area contributed by atoms with E-state index < -0.39 is 117 Å². The molecule has 83 heavy (non-hydrogen) atoms. The summed E-state index contributed by atoms with van der Waals surface area (Å²) in [5.41, 5.74) is 29.0. The van der Waals surface area contributed by atoms with E-state index >= 15 is 0 Å². The fourth-order valence-electron chi connectivity index (χ4n) is 9.22. The van der Waals surface area contributed by atoms with Crippen LogP contribution >= 0.6 is 0 Å². The van der Waals surface area contributed by atoms with Gasteiger partial charge >= 0.3 is 0 Å². The number of benzene rings is 1. The van der Waals surface area contributed by atoms with Gasteiger partial charge in [0.1, 0.15) is 42.3 Å². The lowest BCUT2D eigenvalue weighted by molar-refractivity contribution is -0.384. The predicted octanol–water partition coefficient (Wildman–Crippen LogP) is 1.41. The van der Waals surface area contributed by atoms with E-state index in [2.05, 4.69) is 37.2 Å². The molecule has 0 aromatic heterocycles. The van der Waals surface area contributed by atoms with Gasteiger partial charge in [0, 0.05) is 24.7 Å². The Bertz CT molecular complexity index is 2320. The van der Waals surface area contributed by atoms with E-state index in [0.717, 1.165) is 28.6 Å². The lowest BCUT2D eigenvalue weighted by Gasteiger charge is -2.29. The number of rotatable bonds is 43. The molecule has 27 heteroatoms. The third kappa shape index (κ3) is 29.5. The minimum absolute atomic E-state index is 0.0190. The second-order valence-corrected chi connectivity index (χ2v) is 25.6. The largest absolute Gasteiger partial charge is 0.368 e. The van der Waals surface area contributed by atoms with E-state index in [0.29, 0.717) is 51.5 Å². The monoisotopic (exact) mass is 1190 g/mol. The van der Waals surface area contributed by atoms with Crippen LogP contribution in [0.4, 0.5) is 5.69 Å². The Kier molecular flexibility index (Phi) is 35.2. The van der Waals surface area contributed by atoms with Gasteiger partial charge in [-0.15, -0.1) is 0 Å². The van der Waals surface area contributed by atoms with E-state index in [-0.39, 0.29) is 105 Å². The standard InChI is InChI=1S/C56H102N14O12S/c1-34(2)27-39(60)32-69(83(81,82)41-22-20-40(21-23-41)70(79)80)33-49(71)62-42(17-11-14-24-57)51(73)66-48(31-38(9)10)56(78)68-46(29-36(5)6)54(76)64-43(18-12-15-25-58)52(74)63-44(19-13-16-26-59)53(75)67-47(30-37(7)8)55(77)65-45(50(61)72)28-35(3)4/h20-23,34-39,42-48H,11-19,24-33,57-60H2,1-10H3,(H2,61,72)(H,62,71)(H,63,74)(H,64,76)(H,65,77)(H,66,73)(H,67,75)(H,68,78)/t39-,42-,43-,44-,45-,46-,47-,48-/m0/s1. The number of unbranched alkanes of at least 4 members (excludes halogenated alkanes) is 3. The molecule has 0 unspecified atom stereocenters. The summed E-state index contributed by atoms with van der Waals surface area (Å²) in [6, 6.07) is -4.85. The number of nitrogens with two attached hydrogens (primary N) is 5. The minimum atomic E-state index is -4.47. The van der Waals surface area contributed by atoms with Crippen LogP contribution in [-0.2, 0) is 48.4 Å². The molecule has 0 spiro atoms. The highest BCUT2D eigenvalue weighted by Gasteiger charge is 2.36. The SMILES string of the molecule is CC(C)C[C@H](N)CN(CC(=O)N[C@@H](CCCCN)C(=O)N[C@@H](CC(C)C)C(=O)N[C@@H](CC(C)C)C(=O)N[C@@H](CCCCN)C(=O)N[C@@H](CCCCN)C(=O)N[C@@H](CC(C)C)C(=O)N[C@@H](CC(C)C)C(N)=O)S(=O)(=O)c1ccc([N+](=O)[O-])cc1. The molecule has 0 saturated carbocycles. The third-order valence-corrected chi connectivity index (χ3v) is 15.2. The number of carbonyl (C=O) groups excluding carboxylic acids is 8. The van der Waals surface area contributed by atoms with Crippen LogP contribution in [0, 0.1) is 39.7 Å². The van der Waals surface area contributed by atoms with Crippen molar-refractivity contribution in [3.63, 3.8) is 0 Å². The first-order valence-corrected chi connectivity index (χ1v) is 30.8. The molecule has 0 bridgehead atoms. The summed E-state index contributed by atoms with van der Waals surface area (Å²) in [7, 11) is -4.47. The topological polar surface area (TPSA) is 431 Å². The van der Waals surface area contributed by atoms with Gasteiger partial charge in [-0.25, -0.2) is 8.42 Å². The highest BCUT2D eigenvalue weighted by molar-refractivity contribution is 7.89. The van der Waals surface area contributed by atoms with Crippen molar-refractivity contribution in [2.75, 3.05) is 32.7 Å². The lowest BCUT2D eigenvalue weighted by atomic mass is 9.98. The van der Waals surface area contributed by atoms with Crippen molar-refractivity contribution in [2.45, 2.75) is 212 Å². The zero-order valence-corrected chi connectivity index (χ0v) is 51.7. The molecule has 0 aliphatic rings. The third-order valence-electron chi connectivity index (χ3n) is 13.4. The summed E-state index contributed by atoms with van der Waals surface area (Å²) in [4.78, 5) is 122. The predicted molar refractivity (Wildman–Crippen MR) is 319 cm³/mol. The summed E-state index contributed by atoms with van der Waals surface area (Å²) in [5, 5.41) is 30.5. The van der Waals surface area contributed by atoms with Crippen molar-refractivity contribution in [1.82, 2.24) is 41.5 Å². The van der Waals surface area contributed by atoms with Crippen molar-refractivity contribution in [1.29, 1.82) is 0 Å². The second kappa shape index (κ2) is 38.9. The molecular weight excluding hydrogens is 1090 g/mol. The van der Waals surface area contributed by atoms with Gasteiger partial charge in [0.25, 0.3) is 5.69 Å². The van der Waals surface area contributed by atoms with Crippen molar-refractivity contribution in [2.24, 2.45) is 58.3 Å². The molecular formula is C56H102N14O12S. The fraction of sp³-hybridized carbons (Fsp3) is 0.750. The second-order valence-electron chi connectivity index (χ2n) is 23.7. The van der Waals surface area contributed by atoms with E-state index in [1.165, 1.54) is 0 Å². The number of hydrogen-bond donors (Lipinski definition) is 12. The summed E-state index contributed by atoms with van der Waals surface area (Å²) >= 11 is 0. The van der Waals surface area contributed by atoms with Gasteiger partial charge in [0.2, 0.25) is 57.3 Å². The summed E-state index contributed by atoms with van der Waals surface area (Å²) < 4.78 is 28.9. The van der Waals surface area contributed by atoms with Crippen LogP contribution < -0.4 is 65.9 Å². The van der Waals surface area contributed by atoms with E-state index in [4.69, 9.17) is 28.7 Å².